The highest BCUT2D eigenvalue weighted by atomic mass is 15.4. The van der Waals surface area contributed by atoms with E-state index in [0.29, 0.717) is 0 Å². The molecule has 0 bridgehead atoms. The van der Waals surface area contributed by atoms with Crippen molar-refractivity contribution in [2.45, 2.75) is 0 Å². The van der Waals surface area contributed by atoms with E-state index < -0.39 is 0 Å². The van der Waals surface area contributed by atoms with E-state index in [9.17, 15) is 0 Å². The van der Waals surface area contributed by atoms with E-state index in [1.165, 1.54) is 21.8 Å². The van der Waals surface area contributed by atoms with E-state index in [0.717, 1.165) is 34.2 Å². The number of hydrogen-bond donors (Lipinski definition) is 1. The summed E-state index contributed by atoms with van der Waals surface area (Å²) in [7, 11) is 0. The lowest BCUT2D eigenvalue weighted by atomic mass is 10.2. The van der Waals surface area contributed by atoms with Gasteiger partial charge in [0.05, 0.1) is 16.6 Å². The van der Waals surface area contributed by atoms with Crippen LogP contribution in [-0.4, -0.2) is 14.6 Å². The van der Waals surface area contributed by atoms with Crippen molar-refractivity contribution in [3.05, 3.63) is 133 Å². The highest BCUT2D eigenvalue weighted by molar-refractivity contribution is 6.09. The standard InChI is InChI=1S/C32H22N4/c1-3-11-23(12-4-1)31-33-32(24-13-5-2-6-14-24)36(34-31)26-21-19-25(20-22-26)35-29-17-9-7-15-27(29)28-16-8-10-18-30(28)35/h1-22H/p+1. The van der Waals surface area contributed by atoms with Crippen LogP contribution in [0, 0.1) is 0 Å². The third-order valence-electron chi connectivity index (χ3n) is 6.67. The highest BCUT2D eigenvalue weighted by Crippen LogP contribution is 2.32. The van der Waals surface area contributed by atoms with E-state index in [1.807, 2.05) is 36.4 Å². The summed E-state index contributed by atoms with van der Waals surface area (Å²) in [5.41, 5.74) is 6.67. The van der Waals surface area contributed by atoms with E-state index in [2.05, 4.69) is 111 Å². The molecule has 1 N–H and O–H groups in total. The van der Waals surface area contributed by atoms with Crippen molar-refractivity contribution in [3.8, 4) is 34.2 Å². The summed E-state index contributed by atoms with van der Waals surface area (Å²) in [6.45, 7) is 0. The quantitative estimate of drug-likeness (QED) is 0.277. The Morgan fingerprint density at radius 3 is 1.67 bits per heavy atom. The highest BCUT2D eigenvalue weighted by Gasteiger charge is 2.24. The fraction of sp³-hybridized carbons (Fsp3) is 0. The minimum absolute atomic E-state index is 0.834. The van der Waals surface area contributed by atoms with E-state index in [4.69, 9.17) is 4.98 Å². The third kappa shape index (κ3) is 3.31. The zero-order chi connectivity index (χ0) is 23.9. The van der Waals surface area contributed by atoms with E-state index in [-0.39, 0.29) is 0 Å². The second kappa shape index (κ2) is 8.36. The van der Waals surface area contributed by atoms with Gasteiger partial charge in [0.2, 0.25) is 0 Å². The molecule has 0 saturated carbocycles. The minimum atomic E-state index is 0.834. The molecule has 2 aromatic heterocycles. The number of rotatable bonds is 4. The average Bonchev–Trinajstić information content (AvgIpc) is 3.55. The maximum atomic E-state index is 4.98. The van der Waals surface area contributed by atoms with Crippen molar-refractivity contribution in [3.63, 3.8) is 0 Å². The molecule has 0 radical (unpaired) electrons. The molecule has 7 rings (SSSR count). The van der Waals surface area contributed by atoms with Gasteiger partial charge in [0.1, 0.15) is 0 Å². The summed E-state index contributed by atoms with van der Waals surface area (Å²) in [4.78, 5) is 4.98. The molecule has 0 spiro atoms. The van der Waals surface area contributed by atoms with E-state index >= 15 is 0 Å². The van der Waals surface area contributed by atoms with Gasteiger partial charge in [-0.3, -0.25) is 0 Å². The first kappa shape index (κ1) is 20.4. The predicted molar refractivity (Wildman–Crippen MR) is 145 cm³/mol. The number of nitrogens with one attached hydrogen (secondary N) is 1. The van der Waals surface area contributed by atoms with Crippen molar-refractivity contribution >= 4 is 21.8 Å². The van der Waals surface area contributed by atoms with E-state index in [1.54, 1.807) is 0 Å². The molecule has 0 atom stereocenters. The fourth-order valence-electron chi connectivity index (χ4n) is 4.98. The van der Waals surface area contributed by atoms with Crippen LogP contribution >= 0.6 is 0 Å². The minimum Gasteiger partial charge on any atom is -0.309 e. The zero-order valence-corrected chi connectivity index (χ0v) is 19.5. The summed E-state index contributed by atoms with van der Waals surface area (Å²) in [5.74, 6) is 1.71. The lowest BCUT2D eigenvalue weighted by Crippen LogP contribution is -2.35. The predicted octanol–water partition coefficient (Wildman–Crippen LogP) is 7.12. The van der Waals surface area contributed by atoms with Crippen LogP contribution in [0.2, 0.25) is 0 Å². The van der Waals surface area contributed by atoms with Gasteiger partial charge in [0.15, 0.2) is 5.69 Å². The van der Waals surface area contributed by atoms with Crippen LogP contribution in [0.3, 0.4) is 0 Å². The van der Waals surface area contributed by atoms with Gasteiger partial charge in [-0.25, -0.2) is 0 Å². The number of hydrogen-bond acceptors (Lipinski definition) is 1. The van der Waals surface area contributed by atoms with Crippen LogP contribution in [0.25, 0.3) is 56.0 Å². The number of benzene rings is 5. The molecule has 170 valence electrons. The molecule has 0 aliphatic rings. The summed E-state index contributed by atoms with van der Waals surface area (Å²) in [6.07, 6.45) is 0. The summed E-state index contributed by atoms with van der Waals surface area (Å²) < 4.78 is 4.40. The Balaban J connectivity index is 1.38. The molecule has 0 unspecified atom stereocenters. The Morgan fingerprint density at radius 2 is 1.06 bits per heavy atom. The first-order valence-electron chi connectivity index (χ1n) is 12.1. The molecule has 7 aromatic rings. The topological polar surface area (TPSA) is 37.5 Å². The van der Waals surface area contributed by atoms with Crippen LogP contribution in [0.5, 0.6) is 0 Å². The SMILES string of the molecule is c1ccc(-c2nc(-c3ccccc3)[n+](-c3ccc(-n4c5ccccc5c5ccccc54)cc3)[nH]2)cc1. The van der Waals surface area contributed by atoms with Crippen LogP contribution in [0.15, 0.2) is 133 Å². The smallest absolute Gasteiger partial charge is 0.309 e. The second-order valence-corrected chi connectivity index (χ2v) is 8.85. The van der Waals surface area contributed by atoms with Crippen molar-refractivity contribution in [1.29, 1.82) is 0 Å². The molecule has 4 heteroatoms. The number of fused-ring (bicyclic) bond motifs is 3. The average molecular weight is 464 g/mol. The summed E-state index contributed by atoms with van der Waals surface area (Å²) >= 11 is 0. The zero-order valence-electron chi connectivity index (χ0n) is 19.5. The van der Waals surface area contributed by atoms with Gasteiger partial charge in [0, 0.05) is 22.0 Å². The van der Waals surface area contributed by atoms with Crippen LogP contribution in [0.1, 0.15) is 0 Å². The fourth-order valence-corrected chi connectivity index (χ4v) is 4.98. The number of aromatic amines is 1. The van der Waals surface area contributed by atoms with Gasteiger partial charge < -0.3 is 4.57 Å². The molecular weight excluding hydrogens is 440 g/mol. The third-order valence-corrected chi connectivity index (χ3v) is 6.67. The molecule has 0 aliphatic carbocycles. The molecule has 4 nitrogen and oxygen atoms in total. The molecule has 0 amide bonds. The van der Waals surface area contributed by atoms with Crippen molar-refractivity contribution < 1.29 is 4.68 Å². The maximum absolute atomic E-state index is 4.98. The number of H-pyrrole nitrogens is 1. The molecule has 36 heavy (non-hydrogen) atoms. The van der Waals surface area contributed by atoms with Gasteiger partial charge in [0.25, 0.3) is 5.82 Å². The molecule has 2 heterocycles. The maximum Gasteiger partial charge on any atom is 0.356 e. The molecule has 5 aromatic carbocycles. The second-order valence-electron chi connectivity index (χ2n) is 8.85. The molecule has 0 aliphatic heterocycles. The van der Waals surface area contributed by atoms with Gasteiger partial charge >= 0.3 is 5.82 Å². The Labute approximate surface area is 208 Å². The van der Waals surface area contributed by atoms with Gasteiger partial charge in [-0.15, -0.1) is 4.68 Å². The van der Waals surface area contributed by atoms with Crippen molar-refractivity contribution in [2.24, 2.45) is 0 Å². The van der Waals surface area contributed by atoms with Gasteiger partial charge in [-0.05, 0) is 65.6 Å². The number of aromatic nitrogens is 4. The Morgan fingerprint density at radius 1 is 0.528 bits per heavy atom. The molecule has 0 fully saturated rings. The van der Waals surface area contributed by atoms with Gasteiger partial charge in [-0.1, -0.05) is 72.8 Å². The first-order valence-corrected chi connectivity index (χ1v) is 12.1. The Bertz CT molecular complexity index is 1760. The lowest BCUT2D eigenvalue weighted by molar-refractivity contribution is -0.644. The number of para-hydroxylation sites is 2. The first-order chi connectivity index (χ1) is 17.9. The van der Waals surface area contributed by atoms with Crippen LogP contribution in [-0.2, 0) is 0 Å². The summed E-state index contributed by atoms with van der Waals surface area (Å²) in [6, 6.07) is 46.4. The number of nitrogens with zero attached hydrogens (tertiary/aromatic N) is 3. The Kier molecular flexibility index (Phi) is 4.74. The van der Waals surface area contributed by atoms with Crippen LogP contribution in [0.4, 0.5) is 0 Å². The van der Waals surface area contributed by atoms with Gasteiger partial charge in [-0.2, -0.15) is 5.10 Å². The van der Waals surface area contributed by atoms with Crippen molar-refractivity contribution in [1.82, 2.24) is 14.6 Å². The Hall–Kier alpha value is -4.96. The normalized spacial score (nSPS) is 11.3. The largest absolute Gasteiger partial charge is 0.356 e. The summed E-state index contributed by atoms with van der Waals surface area (Å²) in [5, 5.41) is 6.05. The monoisotopic (exact) mass is 463 g/mol. The molecule has 0 saturated heterocycles. The van der Waals surface area contributed by atoms with Crippen molar-refractivity contribution in [2.75, 3.05) is 0 Å². The lowest BCUT2D eigenvalue weighted by Gasteiger charge is -2.08. The van der Waals surface area contributed by atoms with Crippen LogP contribution < -0.4 is 4.68 Å². The molecular formula is C32H23N4+.